The maximum Gasteiger partial charge on any atom is 0.262 e. The van der Waals surface area contributed by atoms with Gasteiger partial charge in [0.05, 0.1) is 29.1 Å². The van der Waals surface area contributed by atoms with E-state index < -0.39 is 29.7 Å². The van der Waals surface area contributed by atoms with E-state index in [1.807, 2.05) is 47.1 Å². The van der Waals surface area contributed by atoms with Crippen LogP contribution in [0.5, 0.6) is 0 Å². The molecule has 3 aromatic heterocycles. The third kappa shape index (κ3) is 6.72. The minimum absolute atomic E-state index is 0.0605. The number of nitrogens with one attached hydrogen (secondary N) is 2. The molecule has 14 nitrogen and oxygen atoms in total. The number of benzene rings is 2. The normalized spacial score (nSPS) is 20.3. The lowest BCUT2D eigenvalue weighted by molar-refractivity contribution is -0.136. The summed E-state index contributed by atoms with van der Waals surface area (Å²) in [5.74, 6) is -0.546. The number of rotatable bonds is 10. The Labute approximate surface area is 322 Å². The Morgan fingerprint density at radius 3 is 2.50 bits per heavy atom. The molecule has 3 saturated heterocycles. The molecule has 9 rings (SSSR count). The molecule has 56 heavy (non-hydrogen) atoms. The Balaban J connectivity index is 0.789. The number of amides is 4. The molecule has 0 aliphatic carbocycles. The van der Waals surface area contributed by atoms with Crippen molar-refractivity contribution in [3.05, 3.63) is 102 Å². The summed E-state index contributed by atoms with van der Waals surface area (Å²) in [6.07, 6.45) is 4.84. The molecule has 0 saturated carbocycles. The van der Waals surface area contributed by atoms with Gasteiger partial charge in [-0.3, -0.25) is 34.3 Å². The van der Waals surface area contributed by atoms with Crippen molar-refractivity contribution in [1.82, 2.24) is 34.7 Å². The van der Waals surface area contributed by atoms with E-state index in [4.69, 9.17) is 10.1 Å². The highest BCUT2D eigenvalue weighted by Gasteiger charge is 2.44. The number of imide groups is 2. The third-order valence-corrected chi connectivity index (χ3v) is 11.2. The number of nitrogens with zero attached hydrogens (tertiary/aromatic N) is 8. The Bertz CT molecular complexity index is 2360. The van der Waals surface area contributed by atoms with E-state index in [2.05, 4.69) is 30.3 Å². The van der Waals surface area contributed by atoms with Gasteiger partial charge >= 0.3 is 0 Å². The fourth-order valence-corrected chi connectivity index (χ4v) is 8.35. The second-order valence-corrected chi connectivity index (χ2v) is 14.7. The number of anilines is 3. The van der Waals surface area contributed by atoms with Gasteiger partial charge in [-0.15, -0.1) is 5.10 Å². The van der Waals surface area contributed by atoms with Crippen LogP contribution in [0.3, 0.4) is 0 Å². The topological polar surface area (TPSA) is 148 Å². The molecule has 2 atom stereocenters. The zero-order chi connectivity index (χ0) is 38.3. The van der Waals surface area contributed by atoms with E-state index in [1.165, 1.54) is 6.07 Å². The Hall–Kier alpha value is -6.22. The van der Waals surface area contributed by atoms with Crippen LogP contribution >= 0.6 is 0 Å². The number of fused-ring (bicyclic) bond motifs is 2. The molecular formula is C41H41FN10O4. The first kappa shape index (κ1) is 35.5. The van der Waals surface area contributed by atoms with Crippen molar-refractivity contribution in [2.45, 2.75) is 44.2 Å². The van der Waals surface area contributed by atoms with Crippen LogP contribution < -0.4 is 20.4 Å². The molecule has 2 N–H and O–H groups in total. The van der Waals surface area contributed by atoms with Gasteiger partial charge in [-0.05, 0) is 92.4 Å². The number of hydrogen-bond acceptors (Lipinski definition) is 11. The zero-order valence-electron chi connectivity index (χ0n) is 30.7. The van der Waals surface area contributed by atoms with Gasteiger partial charge in [0.1, 0.15) is 29.2 Å². The summed E-state index contributed by atoms with van der Waals surface area (Å²) in [7, 11) is 0. The molecule has 4 aliphatic heterocycles. The van der Waals surface area contributed by atoms with Crippen LogP contribution in [0.4, 0.5) is 21.7 Å². The van der Waals surface area contributed by atoms with E-state index in [0.29, 0.717) is 6.54 Å². The van der Waals surface area contributed by atoms with Gasteiger partial charge in [0, 0.05) is 51.4 Å². The van der Waals surface area contributed by atoms with Gasteiger partial charge in [-0.2, -0.15) is 0 Å². The molecular weight excluding hydrogens is 716 g/mol. The van der Waals surface area contributed by atoms with Crippen molar-refractivity contribution in [2.24, 2.45) is 0 Å². The highest BCUT2D eigenvalue weighted by atomic mass is 19.1. The van der Waals surface area contributed by atoms with Crippen LogP contribution in [0.1, 0.15) is 64.4 Å². The fraction of sp³-hybridized carbons (Fsp3) is 0.341. The smallest absolute Gasteiger partial charge is 0.262 e. The van der Waals surface area contributed by atoms with Crippen molar-refractivity contribution < 1.29 is 23.6 Å². The standard InChI is InChI=1S/C41H41FN10O4/c42-27-6-1-5-26(23-27)32-8-3-18-50(32)37-14-13-35-44-25-34(52(35)47-37)31-7-2-9-36(45-31)49-21-19-48(20-22-49)17-4-16-43-28-10-11-29-30(24-28)41(56)51(40(29)55)33-12-15-38(53)46-39(33)54/h1-2,5-7,9-11,13-14,23-25,32-33,43H,3-4,8,12,15-22H2,(H,46,53,54)/t32-,33?/m1/s1. The predicted octanol–water partition coefficient (Wildman–Crippen LogP) is 4.30. The van der Waals surface area contributed by atoms with E-state index >= 15 is 0 Å². The summed E-state index contributed by atoms with van der Waals surface area (Å²) >= 11 is 0. The lowest BCUT2D eigenvalue weighted by Gasteiger charge is -2.35. The largest absolute Gasteiger partial charge is 0.385 e. The second-order valence-electron chi connectivity index (χ2n) is 14.7. The monoisotopic (exact) mass is 756 g/mol. The predicted molar refractivity (Wildman–Crippen MR) is 207 cm³/mol. The summed E-state index contributed by atoms with van der Waals surface area (Å²) in [6, 6.07) is 21.0. The van der Waals surface area contributed by atoms with Crippen LogP contribution in [0.2, 0.25) is 0 Å². The lowest BCUT2D eigenvalue weighted by Crippen LogP contribution is -2.54. The maximum atomic E-state index is 14.1. The summed E-state index contributed by atoms with van der Waals surface area (Å²) in [6.45, 7) is 5.86. The van der Waals surface area contributed by atoms with E-state index in [0.717, 1.165) is 103 Å². The number of piperidine rings is 1. The number of piperazine rings is 1. The quantitative estimate of drug-likeness (QED) is 0.155. The van der Waals surface area contributed by atoms with E-state index in [9.17, 15) is 23.6 Å². The lowest BCUT2D eigenvalue weighted by atomic mass is 10.0. The van der Waals surface area contributed by atoms with E-state index in [1.54, 1.807) is 30.3 Å². The SMILES string of the molecule is O=C1CCC(N2C(=O)c3ccc(NCCCN4CCN(c5cccc(-c6cnc7ccc(N8CCC[C@@H]8c8cccc(F)c8)nn67)n5)CC4)cc3C2=O)C(=O)N1. The second kappa shape index (κ2) is 14.8. The van der Waals surface area contributed by atoms with Crippen LogP contribution in [0.15, 0.2) is 79.0 Å². The summed E-state index contributed by atoms with van der Waals surface area (Å²) < 4.78 is 15.9. The molecule has 0 radical (unpaired) electrons. The summed E-state index contributed by atoms with van der Waals surface area (Å²) in [5, 5.41) is 10.6. The molecule has 4 aliphatic rings. The summed E-state index contributed by atoms with van der Waals surface area (Å²) in [5.41, 5.74) is 4.54. The average Bonchev–Trinajstić information content (AvgIpc) is 3.94. The number of halogens is 1. The number of carbonyl (C=O) groups excluding carboxylic acids is 4. The molecule has 5 aromatic rings. The Morgan fingerprint density at radius 1 is 0.821 bits per heavy atom. The molecule has 3 fully saturated rings. The van der Waals surface area contributed by atoms with Crippen LogP contribution in [0.25, 0.3) is 17.0 Å². The van der Waals surface area contributed by atoms with Crippen LogP contribution in [-0.4, -0.2) is 105 Å². The first-order valence-corrected chi connectivity index (χ1v) is 19.2. The Morgan fingerprint density at radius 2 is 1.66 bits per heavy atom. The van der Waals surface area contributed by atoms with Crippen molar-refractivity contribution in [3.8, 4) is 11.4 Å². The average molecular weight is 757 g/mol. The maximum absolute atomic E-state index is 14.1. The zero-order valence-corrected chi connectivity index (χ0v) is 30.7. The van der Waals surface area contributed by atoms with Crippen molar-refractivity contribution >= 4 is 46.6 Å². The fourth-order valence-electron chi connectivity index (χ4n) is 8.35. The van der Waals surface area contributed by atoms with Gasteiger partial charge in [-0.1, -0.05) is 18.2 Å². The van der Waals surface area contributed by atoms with Gasteiger partial charge in [-0.25, -0.2) is 18.9 Å². The molecule has 1 unspecified atom stereocenters. The van der Waals surface area contributed by atoms with Gasteiger partial charge in [0.2, 0.25) is 11.8 Å². The van der Waals surface area contributed by atoms with Gasteiger partial charge in [0.25, 0.3) is 11.8 Å². The first-order chi connectivity index (χ1) is 27.3. The molecule has 0 bridgehead atoms. The first-order valence-electron chi connectivity index (χ1n) is 19.2. The number of imidazole rings is 1. The minimum atomic E-state index is -0.982. The minimum Gasteiger partial charge on any atom is -0.385 e. The Kier molecular flexibility index (Phi) is 9.37. The molecule has 15 heteroatoms. The molecule has 7 heterocycles. The third-order valence-electron chi connectivity index (χ3n) is 11.2. The highest BCUT2D eigenvalue weighted by Crippen LogP contribution is 2.36. The number of pyridine rings is 1. The van der Waals surface area contributed by atoms with Crippen LogP contribution in [0, 0.1) is 5.82 Å². The number of aromatic nitrogens is 4. The number of carbonyl (C=O) groups is 4. The van der Waals surface area contributed by atoms with Gasteiger partial charge in [0.15, 0.2) is 5.65 Å². The summed E-state index contributed by atoms with van der Waals surface area (Å²) in [4.78, 5) is 67.8. The van der Waals surface area contributed by atoms with Crippen molar-refractivity contribution in [2.75, 3.05) is 60.9 Å². The number of hydrogen-bond donors (Lipinski definition) is 2. The molecule has 4 amide bonds. The molecule has 0 spiro atoms. The highest BCUT2D eigenvalue weighted by molar-refractivity contribution is 6.23. The molecule has 2 aromatic carbocycles. The van der Waals surface area contributed by atoms with Gasteiger partial charge < -0.3 is 15.1 Å². The van der Waals surface area contributed by atoms with E-state index in [-0.39, 0.29) is 35.8 Å². The van der Waals surface area contributed by atoms with Crippen molar-refractivity contribution in [1.29, 1.82) is 0 Å². The van der Waals surface area contributed by atoms with Crippen LogP contribution in [-0.2, 0) is 9.59 Å². The van der Waals surface area contributed by atoms with Crippen molar-refractivity contribution in [3.63, 3.8) is 0 Å². The molecule has 286 valence electrons.